The highest BCUT2D eigenvalue weighted by Crippen LogP contribution is 2.24. The highest BCUT2D eigenvalue weighted by molar-refractivity contribution is 5.10. The molecule has 1 N–H and O–H groups in total. The molecule has 3 rings (SSSR count). The molecule has 0 amide bonds. The van der Waals surface area contributed by atoms with Gasteiger partial charge in [0.25, 0.3) is 0 Å². The SMILES string of the molecule is Cc1cccc(CN2CCN(C3CCN(C(C)C)CC3)C(CCO)C2)n1. The third kappa shape index (κ3) is 5.03. The van der Waals surface area contributed by atoms with Crippen LogP contribution in [0.2, 0.25) is 0 Å². The lowest BCUT2D eigenvalue weighted by atomic mass is 9.97. The van der Waals surface area contributed by atoms with Crippen molar-refractivity contribution < 1.29 is 5.11 Å². The zero-order valence-corrected chi connectivity index (χ0v) is 16.8. The summed E-state index contributed by atoms with van der Waals surface area (Å²) in [7, 11) is 0. The minimum absolute atomic E-state index is 0.280. The molecule has 1 unspecified atom stereocenters. The second kappa shape index (κ2) is 9.27. The van der Waals surface area contributed by atoms with E-state index in [0.717, 1.165) is 44.0 Å². The van der Waals surface area contributed by atoms with E-state index in [1.807, 2.05) is 0 Å². The number of likely N-dealkylation sites (tertiary alicyclic amines) is 1. The van der Waals surface area contributed by atoms with Crippen LogP contribution in [0.1, 0.15) is 44.5 Å². The number of aliphatic hydroxyl groups excluding tert-OH is 1. The van der Waals surface area contributed by atoms with E-state index in [0.29, 0.717) is 18.1 Å². The third-order valence-corrected chi connectivity index (χ3v) is 6.10. The Morgan fingerprint density at radius 3 is 2.58 bits per heavy atom. The second-order valence-corrected chi connectivity index (χ2v) is 8.27. The normalized spacial score (nSPS) is 24.4. The molecule has 1 aromatic heterocycles. The summed E-state index contributed by atoms with van der Waals surface area (Å²) >= 11 is 0. The lowest BCUT2D eigenvalue weighted by Crippen LogP contribution is -2.58. The van der Waals surface area contributed by atoms with Gasteiger partial charge in [0.15, 0.2) is 0 Å². The summed E-state index contributed by atoms with van der Waals surface area (Å²) in [6.45, 7) is 13.5. The van der Waals surface area contributed by atoms with Crippen LogP contribution in [0.4, 0.5) is 0 Å². The molecule has 26 heavy (non-hydrogen) atoms. The quantitative estimate of drug-likeness (QED) is 0.842. The maximum Gasteiger partial charge on any atom is 0.0547 e. The van der Waals surface area contributed by atoms with Gasteiger partial charge in [-0.2, -0.15) is 0 Å². The van der Waals surface area contributed by atoms with Gasteiger partial charge in [0.2, 0.25) is 0 Å². The number of piperidine rings is 1. The molecular weight excluding hydrogens is 324 g/mol. The lowest BCUT2D eigenvalue weighted by Gasteiger charge is -2.48. The first-order valence-electron chi connectivity index (χ1n) is 10.3. The van der Waals surface area contributed by atoms with Gasteiger partial charge in [0.1, 0.15) is 0 Å². The summed E-state index contributed by atoms with van der Waals surface area (Å²) in [5, 5.41) is 9.60. The smallest absolute Gasteiger partial charge is 0.0547 e. The van der Waals surface area contributed by atoms with Crippen molar-refractivity contribution >= 4 is 0 Å². The van der Waals surface area contributed by atoms with Gasteiger partial charge in [-0.05, 0) is 65.3 Å². The number of aliphatic hydroxyl groups is 1. The lowest BCUT2D eigenvalue weighted by molar-refractivity contribution is -0.000344. The predicted octanol–water partition coefficient (Wildman–Crippen LogP) is 2.13. The van der Waals surface area contributed by atoms with Crippen LogP contribution in [0.3, 0.4) is 0 Å². The van der Waals surface area contributed by atoms with Crippen LogP contribution in [0, 0.1) is 6.92 Å². The molecule has 1 aromatic rings. The number of aromatic nitrogens is 1. The van der Waals surface area contributed by atoms with Crippen LogP contribution in [0.5, 0.6) is 0 Å². The average molecular weight is 361 g/mol. The molecule has 2 aliphatic rings. The Balaban J connectivity index is 1.58. The fourth-order valence-electron chi connectivity index (χ4n) is 4.61. The molecule has 3 heterocycles. The molecule has 0 aromatic carbocycles. The van der Waals surface area contributed by atoms with Crippen molar-refractivity contribution in [3.8, 4) is 0 Å². The van der Waals surface area contributed by atoms with E-state index in [4.69, 9.17) is 0 Å². The van der Waals surface area contributed by atoms with Crippen molar-refractivity contribution in [3.63, 3.8) is 0 Å². The number of pyridine rings is 1. The predicted molar refractivity (Wildman–Crippen MR) is 106 cm³/mol. The summed E-state index contributed by atoms with van der Waals surface area (Å²) in [5.41, 5.74) is 2.25. The zero-order valence-electron chi connectivity index (χ0n) is 16.8. The third-order valence-electron chi connectivity index (χ3n) is 6.10. The first-order chi connectivity index (χ1) is 12.6. The van der Waals surface area contributed by atoms with E-state index in [1.165, 1.54) is 25.9 Å². The van der Waals surface area contributed by atoms with E-state index in [1.54, 1.807) is 0 Å². The van der Waals surface area contributed by atoms with Crippen LogP contribution in [0.15, 0.2) is 18.2 Å². The number of nitrogens with zero attached hydrogens (tertiary/aromatic N) is 4. The molecule has 1 atom stereocenters. The molecule has 0 spiro atoms. The number of hydrogen-bond acceptors (Lipinski definition) is 5. The largest absolute Gasteiger partial charge is 0.396 e. The van der Waals surface area contributed by atoms with Crippen molar-refractivity contribution in [3.05, 3.63) is 29.6 Å². The number of rotatable bonds is 6. The van der Waals surface area contributed by atoms with Crippen LogP contribution in [0.25, 0.3) is 0 Å². The Hall–Kier alpha value is -1.01. The molecule has 0 bridgehead atoms. The molecular formula is C21H36N4O. The summed E-state index contributed by atoms with van der Waals surface area (Å²) in [5.74, 6) is 0. The average Bonchev–Trinajstić information content (AvgIpc) is 2.62. The van der Waals surface area contributed by atoms with Gasteiger partial charge in [-0.15, -0.1) is 0 Å². The molecule has 2 saturated heterocycles. The van der Waals surface area contributed by atoms with E-state index in [-0.39, 0.29) is 6.61 Å². The Morgan fingerprint density at radius 1 is 1.15 bits per heavy atom. The first kappa shape index (κ1) is 19.7. The number of hydrogen-bond donors (Lipinski definition) is 1. The first-order valence-corrected chi connectivity index (χ1v) is 10.3. The van der Waals surface area contributed by atoms with Crippen LogP contribution in [-0.4, -0.2) is 82.2 Å². The van der Waals surface area contributed by atoms with Crippen molar-refractivity contribution in [1.82, 2.24) is 19.7 Å². The summed E-state index contributed by atoms with van der Waals surface area (Å²) in [6, 6.07) is 8.08. The van der Waals surface area contributed by atoms with Gasteiger partial charge < -0.3 is 10.0 Å². The second-order valence-electron chi connectivity index (χ2n) is 8.27. The highest BCUT2D eigenvalue weighted by atomic mass is 16.3. The highest BCUT2D eigenvalue weighted by Gasteiger charge is 2.33. The summed E-state index contributed by atoms with van der Waals surface area (Å²) in [6.07, 6.45) is 3.40. The molecule has 0 radical (unpaired) electrons. The van der Waals surface area contributed by atoms with Gasteiger partial charge in [0.05, 0.1) is 5.69 Å². The van der Waals surface area contributed by atoms with E-state index >= 15 is 0 Å². The van der Waals surface area contributed by atoms with E-state index < -0.39 is 0 Å². The molecule has 2 aliphatic heterocycles. The Kier molecular flexibility index (Phi) is 7.04. The van der Waals surface area contributed by atoms with E-state index in [9.17, 15) is 5.11 Å². The van der Waals surface area contributed by atoms with Crippen LogP contribution in [-0.2, 0) is 6.54 Å². The maximum absolute atomic E-state index is 9.60. The van der Waals surface area contributed by atoms with Crippen molar-refractivity contribution in [1.29, 1.82) is 0 Å². The standard InChI is InChI=1S/C21H36N4O/c1-17(2)24-10-7-20(8-11-24)25-13-12-23(16-21(25)9-14-26)15-19-6-4-5-18(3)22-19/h4-6,17,20-21,26H,7-16H2,1-3H3. The van der Waals surface area contributed by atoms with Gasteiger partial charge in [-0.25, -0.2) is 0 Å². The molecule has 146 valence electrons. The topological polar surface area (TPSA) is 42.8 Å². The minimum atomic E-state index is 0.280. The number of aryl methyl sites for hydroxylation is 1. The fraction of sp³-hybridized carbons (Fsp3) is 0.762. The fourth-order valence-corrected chi connectivity index (χ4v) is 4.61. The van der Waals surface area contributed by atoms with Crippen LogP contribution < -0.4 is 0 Å². The van der Waals surface area contributed by atoms with Crippen molar-refractivity contribution in [2.75, 3.05) is 39.3 Å². The van der Waals surface area contributed by atoms with Gasteiger partial charge in [0, 0.05) is 56.6 Å². The Morgan fingerprint density at radius 2 is 1.92 bits per heavy atom. The monoisotopic (exact) mass is 360 g/mol. The van der Waals surface area contributed by atoms with Crippen LogP contribution >= 0.6 is 0 Å². The Labute approximate surface area is 159 Å². The van der Waals surface area contributed by atoms with Gasteiger partial charge in [-0.3, -0.25) is 14.8 Å². The molecule has 5 nitrogen and oxygen atoms in total. The number of piperazine rings is 1. The van der Waals surface area contributed by atoms with Crippen molar-refractivity contribution in [2.45, 2.75) is 64.7 Å². The molecule has 0 saturated carbocycles. The molecule has 0 aliphatic carbocycles. The summed E-state index contributed by atoms with van der Waals surface area (Å²) < 4.78 is 0. The van der Waals surface area contributed by atoms with Gasteiger partial charge in [-0.1, -0.05) is 6.07 Å². The maximum atomic E-state index is 9.60. The zero-order chi connectivity index (χ0) is 18.5. The minimum Gasteiger partial charge on any atom is -0.396 e. The molecule has 2 fully saturated rings. The summed E-state index contributed by atoms with van der Waals surface area (Å²) in [4.78, 5) is 12.5. The van der Waals surface area contributed by atoms with E-state index in [2.05, 4.69) is 58.7 Å². The molecule has 5 heteroatoms. The Bertz CT molecular complexity index is 557. The van der Waals surface area contributed by atoms with Crippen molar-refractivity contribution in [2.24, 2.45) is 0 Å². The van der Waals surface area contributed by atoms with Gasteiger partial charge >= 0.3 is 0 Å².